The van der Waals surface area contributed by atoms with Crippen molar-refractivity contribution in [1.82, 2.24) is 0 Å². The molecule has 0 aliphatic carbocycles. The third-order valence-corrected chi connectivity index (χ3v) is 5.71. The molecular formula is C23H36Cl2O3. The first-order valence-corrected chi connectivity index (χ1v) is 11.4. The number of halogens is 2. The fourth-order valence-electron chi connectivity index (χ4n) is 3.11. The van der Waals surface area contributed by atoms with Crippen LogP contribution in [0.15, 0.2) is 24.3 Å². The number of unbranched alkanes of at least 4 members (excludes halogenated alkanes) is 9. The number of aliphatic carboxylic acids is 1. The highest BCUT2D eigenvalue weighted by Crippen LogP contribution is 2.28. The van der Waals surface area contributed by atoms with Gasteiger partial charge in [-0.05, 0) is 42.9 Å². The Kier molecular flexibility index (Phi) is 12.7. The molecule has 1 N–H and O–H groups in total. The summed E-state index contributed by atoms with van der Waals surface area (Å²) in [5, 5.41) is 8.83. The summed E-state index contributed by atoms with van der Waals surface area (Å²) in [7, 11) is 0. The number of hydrogen-bond acceptors (Lipinski definition) is 2. The van der Waals surface area contributed by atoms with Crippen LogP contribution >= 0.6 is 23.2 Å². The highest BCUT2D eigenvalue weighted by molar-refractivity contribution is 6.57. The third kappa shape index (κ3) is 11.2. The van der Waals surface area contributed by atoms with Crippen molar-refractivity contribution in [2.45, 2.75) is 94.7 Å². The van der Waals surface area contributed by atoms with Gasteiger partial charge in [-0.1, -0.05) is 101 Å². The topological polar surface area (TPSA) is 46.5 Å². The van der Waals surface area contributed by atoms with Crippen LogP contribution in [0, 0.1) is 0 Å². The van der Waals surface area contributed by atoms with Crippen LogP contribution in [0.4, 0.5) is 0 Å². The van der Waals surface area contributed by atoms with Gasteiger partial charge in [0.25, 0.3) is 0 Å². The van der Waals surface area contributed by atoms with Gasteiger partial charge in [0.15, 0.2) is 0 Å². The first kappa shape index (κ1) is 25.1. The van der Waals surface area contributed by atoms with Gasteiger partial charge < -0.3 is 9.84 Å². The molecule has 0 bridgehead atoms. The van der Waals surface area contributed by atoms with Crippen molar-refractivity contribution >= 4 is 29.2 Å². The van der Waals surface area contributed by atoms with Crippen LogP contribution in [-0.4, -0.2) is 22.0 Å². The number of ether oxygens (including phenoxy) is 1. The van der Waals surface area contributed by atoms with E-state index in [4.69, 9.17) is 33.0 Å². The minimum Gasteiger partial charge on any atom is -0.494 e. The van der Waals surface area contributed by atoms with Crippen LogP contribution in [0.3, 0.4) is 0 Å². The van der Waals surface area contributed by atoms with Crippen LogP contribution in [0.2, 0.25) is 0 Å². The minimum atomic E-state index is -1.62. The zero-order chi connectivity index (χ0) is 20.8. The van der Waals surface area contributed by atoms with E-state index in [1.807, 2.05) is 0 Å². The molecule has 0 aromatic heterocycles. The van der Waals surface area contributed by atoms with Gasteiger partial charge in [0, 0.05) is 0 Å². The molecule has 0 aliphatic rings. The molecular weight excluding hydrogens is 395 g/mol. The molecule has 160 valence electrons. The summed E-state index contributed by atoms with van der Waals surface area (Å²) in [6, 6.07) is 8.43. The van der Waals surface area contributed by atoms with E-state index in [1.165, 1.54) is 44.1 Å². The first-order valence-electron chi connectivity index (χ1n) is 10.7. The predicted octanol–water partition coefficient (Wildman–Crippen LogP) is 7.74. The summed E-state index contributed by atoms with van der Waals surface area (Å²) in [6.45, 7) is 5.19. The molecule has 3 nitrogen and oxygen atoms in total. The van der Waals surface area contributed by atoms with Crippen molar-refractivity contribution in [2.24, 2.45) is 0 Å². The molecule has 0 saturated heterocycles. The second kappa shape index (κ2) is 14.1. The molecule has 5 heteroatoms. The molecule has 0 radical (unpaired) electrons. The minimum absolute atomic E-state index is 0.315. The van der Waals surface area contributed by atoms with E-state index < -0.39 is 10.3 Å². The normalized spacial score (nSPS) is 11.8. The maximum atomic E-state index is 10.8. The molecule has 1 aromatic carbocycles. The van der Waals surface area contributed by atoms with Gasteiger partial charge in [-0.3, -0.25) is 0 Å². The Morgan fingerprint density at radius 2 is 1.36 bits per heavy atom. The summed E-state index contributed by atoms with van der Waals surface area (Å²) in [5.74, 6) is 0.375. The molecule has 0 fully saturated rings. The molecule has 28 heavy (non-hydrogen) atoms. The van der Waals surface area contributed by atoms with Gasteiger partial charge in [-0.15, -0.1) is 0 Å². The summed E-state index contributed by atoms with van der Waals surface area (Å²) in [4.78, 5) is 10.8. The maximum Gasteiger partial charge on any atom is 0.340 e. The number of rotatable bonds is 16. The van der Waals surface area contributed by atoms with Crippen molar-refractivity contribution in [3.8, 4) is 5.75 Å². The number of benzene rings is 1. The van der Waals surface area contributed by atoms with Crippen molar-refractivity contribution in [1.29, 1.82) is 0 Å². The van der Waals surface area contributed by atoms with E-state index in [-0.39, 0.29) is 0 Å². The second-order valence-electron chi connectivity index (χ2n) is 7.87. The van der Waals surface area contributed by atoms with Gasteiger partial charge in [0.1, 0.15) is 5.75 Å². The lowest BCUT2D eigenvalue weighted by Crippen LogP contribution is -2.25. The Morgan fingerprint density at radius 1 is 0.893 bits per heavy atom. The molecule has 0 atom stereocenters. The zero-order valence-corrected chi connectivity index (χ0v) is 18.9. The number of carboxylic acid groups (broad SMARTS) is 1. The molecule has 0 amide bonds. The van der Waals surface area contributed by atoms with Crippen LogP contribution < -0.4 is 4.74 Å². The van der Waals surface area contributed by atoms with E-state index >= 15 is 0 Å². The Morgan fingerprint density at radius 3 is 1.82 bits per heavy atom. The SMILES string of the molecule is CC(C)c1ccc(OCCCCCCCCCCCCC(Cl)(Cl)C(=O)O)cc1. The standard InChI is InChI=1S/C23H36Cl2O3/c1-19(2)20-13-15-21(16-14-20)28-18-12-10-8-6-4-3-5-7-9-11-17-23(24,25)22(26)27/h13-16,19H,3-12,17-18H2,1-2H3,(H,26,27). The lowest BCUT2D eigenvalue weighted by Gasteiger charge is -2.13. The predicted molar refractivity (Wildman–Crippen MR) is 119 cm³/mol. The van der Waals surface area contributed by atoms with E-state index in [9.17, 15) is 4.79 Å². The van der Waals surface area contributed by atoms with Gasteiger partial charge in [-0.25, -0.2) is 4.79 Å². The van der Waals surface area contributed by atoms with Crippen LogP contribution in [0.5, 0.6) is 5.75 Å². The molecule has 0 saturated carbocycles. The van der Waals surface area contributed by atoms with Crippen LogP contribution in [-0.2, 0) is 4.79 Å². The van der Waals surface area contributed by atoms with Gasteiger partial charge in [-0.2, -0.15) is 0 Å². The lowest BCUT2D eigenvalue weighted by molar-refractivity contribution is -0.138. The fraction of sp³-hybridized carbons (Fsp3) is 0.696. The fourth-order valence-corrected chi connectivity index (χ4v) is 3.38. The first-order chi connectivity index (χ1) is 13.3. The van der Waals surface area contributed by atoms with Crippen molar-refractivity contribution < 1.29 is 14.6 Å². The van der Waals surface area contributed by atoms with Crippen molar-refractivity contribution in [2.75, 3.05) is 6.61 Å². The average Bonchev–Trinajstić information content (AvgIpc) is 2.65. The van der Waals surface area contributed by atoms with Crippen LogP contribution in [0.25, 0.3) is 0 Å². The number of alkyl halides is 2. The largest absolute Gasteiger partial charge is 0.494 e. The lowest BCUT2D eigenvalue weighted by atomic mass is 10.0. The number of carbonyl (C=O) groups is 1. The summed E-state index contributed by atoms with van der Waals surface area (Å²) >= 11 is 11.4. The Bertz CT molecular complexity index is 541. The molecule has 0 aliphatic heterocycles. The molecule has 0 heterocycles. The van der Waals surface area contributed by atoms with E-state index in [0.29, 0.717) is 12.3 Å². The number of carboxylic acids is 1. The number of hydrogen-bond donors (Lipinski definition) is 1. The molecule has 1 rings (SSSR count). The highest BCUT2D eigenvalue weighted by atomic mass is 35.5. The zero-order valence-electron chi connectivity index (χ0n) is 17.4. The Balaban J connectivity index is 1.88. The Hall–Kier alpha value is -0.930. The quantitative estimate of drug-likeness (QED) is 0.215. The van der Waals surface area contributed by atoms with Gasteiger partial charge in [0.2, 0.25) is 4.33 Å². The second-order valence-corrected chi connectivity index (χ2v) is 9.35. The van der Waals surface area contributed by atoms with Crippen molar-refractivity contribution in [3.05, 3.63) is 29.8 Å². The summed E-state index contributed by atoms with van der Waals surface area (Å²) < 4.78 is 4.18. The Labute approximate surface area is 180 Å². The third-order valence-electron chi connectivity index (χ3n) is 5.01. The average molecular weight is 431 g/mol. The van der Waals surface area contributed by atoms with Gasteiger partial charge >= 0.3 is 5.97 Å². The molecule has 0 unspecified atom stereocenters. The van der Waals surface area contributed by atoms with Crippen molar-refractivity contribution in [3.63, 3.8) is 0 Å². The smallest absolute Gasteiger partial charge is 0.340 e. The molecule has 0 spiro atoms. The monoisotopic (exact) mass is 430 g/mol. The molecule has 1 aromatic rings. The van der Waals surface area contributed by atoms with Gasteiger partial charge in [0.05, 0.1) is 6.61 Å². The van der Waals surface area contributed by atoms with E-state index in [1.54, 1.807) is 0 Å². The summed E-state index contributed by atoms with van der Waals surface area (Å²) in [6.07, 6.45) is 11.7. The highest BCUT2D eigenvalue weighted by Gasteiger charge is 2.32. The van der Waals surface area contributed by atoms with E-state index in [2.05, 4.69) is 38.1 Å². The van der Waals surface area contributed by atoms with E-state index in [0.717, 1.165) is 38.0 Å². The maximum absolute atomic E-state index is 10.8. The summed E-state index contributed by atoms with van der Waals surface area (Å²) in [5.41, 5.74) is 1.35. The van der Waals surface area contributed by atoms with Crippen LogP contribution in [0.1, 0.15) is 96.0 Å².